The maximum atomic E-state index is 6.97. The van der Waals surface area contributed by atoms with Gasteiger partial charge in [0, 0.05) is 39.0 Å². The van der Waals surface area contributed by atoms with E-state index in [1.165, 1.54) is 77.3 Å². The van der Waals surface area contributed by atoms with Gasteiger partial charge in [-0.15, -0.1) is 0 Å². The Bertz CT molecular complexity index is 2580. The quantitative estimate of drug-likeness (QED) is 0.182. The molecule has 1 unspecified atom stereocenters. The zero-order valence-corrected chi connectivity index (χ0v) is 26.4. The van der Waals surface area contributed by atoms with Crippen LogP contribution in [0.15, 0.2) is 157 Å². The SMILES string of the molecule is C1=CCC(c2c(-c3ccccc3)n3c4c(cccc24)B2C4=C(C=C(n5c6ccccc6c6ccccc65)CC4)Oc4cccc-3c42)C=C1. The topological polar surface area (TPSA) is 19.1 Å². The fourth-order valence-corrected chi connectivity index (χ4v) is 9.15. The van der Waals surface area contributed by atoms with Gasteiger partial charge < -0.3 is 13.9 Å². The van der Waals surface area contributed by atoms with Crippen LogP contribution >= 0.6 is 0 Å². The third kappa shape index (κ3) is 3.50. The summed E-state index contributed by atoms with van der Waals surface area (Å²) in [4.78, 5) is 0. The molecule has 11 rings (SSSR count). The molecule has 7 aromatic rings. The second-order valence-electron chi connectivity index (χ2n) is 13.5. The summed E-state index contributed by atoms with van der Waals surface area (Å²) in [5.74, 6) is 2.29. The lowest BCUT2D eigenvalue weighted by Gasteiger charge is -2.36. The maximum absolute atomic E-state index is 6.97. The van der Waals surface area contributed by atoms with Crippen LogP contribution in [0.1, 0.15) is 30.7 Å². The van der Waals surface area contributed by atoms with E-state index in [1.807, 2.05) is 0 Å². The molecule has 4 heterocycles. The van der Waals surface area contributed by atoms with Crippen LogP contribution in [0.25, 0.3) is 55.4 Å². The summed E-state index contributed by atoms with van der Waals surface area (Å²) in [5.41, 5.74) is 14.4. The van der Waals surface area contributed by atoms with Gasteiger partial charge in [0.15, 0.2) is 0 Å². The van der Waals surface area contributed by atoms with Gasteiger partial charge in [0.2, 0.25) is 0 Å². The summed E-state index contributed by atoms with van der Waals surface area (Å²) in [6.07, 6.45) is 14.3. The Labute approximate surface area is 279 Å². The van der Waals surface area contributed by atoms with Crippen LogP contribution in [0.2, 0.25) is 0 Å². The van der Waals surface area contributed by atoms with Gasteiger partial charge in [-0.25, -0.2) is 0 Å². The standard InChI is InChI=1S/C44H31BN2O/c1-3-13-28(14-4-1)41-33-19-11-20-35-44(33)47(43(41)29-15-5-2-6-16-29)38-23-12-24-39-42(38)45(35)34-26-25-30(27-40(34)48-39)46-36-21-9-7-17-31(36)32-18-8-10-22-37(32)46/h1-13,15-24,27-28H,14,25-26H2. The fourth-order valence-electron chi connectivity index (χ4n) is 9.15. The molecule has 0 radical (unpaired) electrons. The number of nitrogens with zero attached hydrogens (tertiary/aromatic N) is 2. The number of hydrogen-bond donors (Lipinski definition) is 0. The van der Waals surface area contributed by atoms with Gasteiger partial charge in [-0.2, -0.15) is 0 Å². The number of rotatable bonds is 3. The Kier molecular flexibility index (Phi) is 5.43. The van der Waals surface area contributed by atoms with Gasteiger partial charge >= 0.3 is 0 Å². The molecule has 2 aromatic heterocycles. The average Bonchev–Trinajstić information content (AvgIpc) is 3.68. The highest BCUT2D eigenvalue weighted by Gasteiger charge is 2.43. The van der Waals surface area contributed by atoms with E-state index in [4.69, 9.17) is 4.74 Å². The lowest BCUT2D eigenvalue weighted by molar-refractivity contribution is 0.436. The van der Waals surface area contributed by atoms with Crippen molar-refractivity contribution in [3.8, 4) is 22.7 Å². The highest BCUT2D eigenvalue weighted by molar-refractivity contribution is 6.94. The minimum atomic E-state index is 0.153. The van der Waals surface area contributed by atoms with E-state index in [-0.39, 0.29) is 6.71 Å². The van der Waals surface area contributed by atoms with Gasteiger partial charge in [-0.1, -0.05) is 115 Å². The third-order valence-corrected chi connectivity index (χ3v) is 11.0. The third-order valence-electron chi connectivity index (χ3n) is 11.0. The van der Waals surface area contributed by atoms with E-state index in [0.29, 0.717) is 5.92 Å². The molecule has 4 aliphatic rings. The molecule has 2 aliphatic heterocycles. The van der Waals surface area contributed by atoms with Crippen molar-refractivity contribution in [1.29, 1.82) is 0 Å². The van der Waals surface area contributed by atoms with Crippen LogP contribution in [0.3, 0.4) is 0 Å². The monoisotopic (exact) mass is 614 g/mol. The fraction of sp³-hybridized carbons (Fsp3) is 0.0909. The molecule has 226 valence electrons. The summed E-state index contributed by atoms with van der Waals surface area (Å²) in [6, 6.07) is 42.2. The van der Waals surface area contributed by atoms with Crippen LogP contribution in [0, 0.1) is 0 Å². The van der Waals surface area contributed by atoms with Crippen molar-refractivity contribution in [2.24, 2.45) is 0 Å². The molecular weight excluding hydrogens is 583 g/mol. The first-order valence-electron chi connectivity index (χ1n) is 17.1. The number of allylic oxidation sites excluding steroid dienone is 7. The molecule has 2 aliphatic carbocycles. The maximum Gasteiger partial charge on any atom is 0.251 e. The van der Waals surface area contributed by atoms with Crippen molar-refractivity contribution in [1.82, 2.24) is 9.13 Å². The minimum Gasteiger partial charge on any atom is -0.459 e. The van der Waals surface area contributed by atoms with Crippen molar-refractivity contribution in [2.75, 3.05) is 0 Å². The number of hydrogen-bond acceptors (Lipinski definition) is 1. The Balaban J connectivity index is 1.17. The van der Waals surface area contributed by atoms with Crippen LogP contribution in [0.4, 0.5) is 0 Å². The van der Waals surface area contributed by atoms with Crippen LogP contribution in [0.5, 0.6) is 5.75 Å². The van der Waals surface area contributed by atoms with Crippen molar-refractivity contribution in [3.63, 3.8) is 0 Å². The minimum absolute atomic E-state index is 0.153. The Hall–Kier alpha value is -5.74. The van der Waals surface area contributed by atoms with Crippen molar-refractivity contribution in [2.45, 2.75) is 25.2 Å². The Morgan fingerprint density at radius 2 is 1.42 bits per heavy atom. The molecule has 48 heavy (non-hydrogen) atoms. The van der Waals surface area contributed by atoms with E-state index >= 15 is 0 Å². The van der Waals surface area contributed by atoms with Crippen molar-refractivity contribution >= 4 is 56.0 Å². The predicted octanol–water partition coefficient (Wildman–Crippen LogP) is 9.45. The smallest absolute Gasteiger partial charge is 0.251 e. The first kappa shape index (κ1) is 26.3. The van der Waals surface area contributed by atoms with E-state index < -0.39 is 0 Å². The van der Waals surface area contributed by atoms with Gasteiger partial charge in [-0.3, -0.25) is 0 Å². The normalized spacial score (nSPS) is 17.5. The van der Waals surface area contributed by atoms with Crippen molar-refractivity contribution < 1.29 is 4.74 Å². The summed E-state index contributed by atoms with van der Waals surface area (Å²) in [5, 5.41) is 3.95. The largest absolute Gasteiger partial charge is 0.459 e. The van der Waals surface area contributed by atoms with Gasteiger partial charge in [0.05, 0.1) is 16.7 Å². The second kappa shape index (κ2) is 9.89. The highest BCUT2D eigenvalue weighted by Crippen LogP contribution is 2.46. The number of aromatic nitrogens is 2. The molecule has 0 saturated carbocycles. The molecule has 0 spiro atoms. The molecule has 0 saturated heterocycles. The summed E-state index contributed by atoms with van der Waals surface area (Å²) < 4.78 is 12.0. The van der Waals surface area contributed by atoms with Crippen LogP contribution in [-0.4, -0.2) is 15.8 Å². The number of para-hydroxylation sites is 3. The second-order valence-corrected chi connectivity index (χ2v) is 13.5. The molecule has 0 N–H and O–H groups in total. The molecule has 0 bridgehead atoms. The van der Waals surface area contributed by atoms with Crippen LogP contribution < -0.4 is 15.7 Å². The highest BCUT2D eigenvalue weighted by atomic mass is 16.5. The van der Waals surface area contributed by atoms with E-state index in [9.17, 15) is 0 Å². The molecule has 0 fully saturated rings. The predicted molar refractivity (Wildman–Crippen MR) is 200 cm³/mol. The first-order valence-corrected chi connectivity index (χ1v) is 17.1. The molecule has 3 nitrogen and oxygen atoms in total. The molecule has 0 amide bonds. The summed E-state index contributed by atoms with van der Waals surface area (Å²) >= 11 is 0. The van der Waals surface area contributed by atoms with E-state index in [1.54, 1.807) is 0 Å². The van der Waals surface area contributed by atoms with E-state index in [2.05, 4.69) is 155 Å². The van der Waals surface area contributed by atoms with Crippen molar-refractivity contribution in [3.05, 3.63) is 162 Å². The van der Waals surface area contributed by atoms with Gasteiger partial charge in [0.25, 0.3) is 6.71 Å². The first-order chi connectivity index (χ1) is 23.8. The molecular formula is C44H31BN2O. The Morgan fingerprint density at radius 3 is 2.21 bits per heavy atom. The summed E-state index contributed by atoms with van der Waals surface area (Å²) in [7, 11) is 0. The molecule has 1 atom stereocenters. The number of ether oxygens (including phenoxy) is 1. The number of benzene rings is 5. The Morgan fingerprint density at radius 1 is 0.667 bits per heavy atom. The lowest BCUT2D eigenvalue weighted by atomic mass is 9.33. The zero-order chi connectivity index (χ0) is 31.3. The lowest BCUT2D eigenvalue weighted by Crippen LogP contribution is -2.53. The van der Waals surface area contributed by atoms with Crippen LogP contribution in [-0.2, 0) is 0 Å². The number of fused-ring (bicyclic) bond motifs is 6. The molecule has 5 aromatic carbocycles. The average molecular weight is 615 g/mol. The van der Waals surface area contributed by atoms with Gasteiger partial charge in [-0.05, 0) is 77.1 Å². The zero-order valence-electron chi connectivity index (χ0n) is 26.4. The molecule has 4 heteroatoms. The van der Waals surface area contributed by atoms with Gasteiger partial charge in [0.1, 0.15) is 11.5 Å². The van der Waals surface area contributed by atoms with E-state index in [0.717, 1.165) is 30.8 Å². The summed E-state index contributed by atoms with van der Waals surface area (Å²) in [6.45, 7) is 0.153.